The molecule has 34 heavy (non-hydrogen) atoms. The summed E-state index contributed by atoms with van der Waals surface area (Å²) in [5, 5.41) is 0. The number of aryl methyl sites for hydroxylation is 2. The van der Waals surface area contributed by atoms with Crippen molar-refractivity contribution >= 4 is 23.1 Å². The molecule has 4 nitrogen and oxygen atoms in total. The van der Waals surface area contributed by atoms with Crippen LogP contribution in [0.5, 0.6) is 0 Å². The Morgan fingerprint density at radius 1 is 0.765 bits per heavy atom. The van der Waals surface area contributed by atoms with E-state index in [4.69, 9.17) is 0 Å². The molecule has 1 saturated heterocycles. The van der Waals surface area contributed by atoms with Gasteiger partial charge in [0.25, 0.3) is 11.8 Å². The minimum absolute atomic E-state index is 0.213. The van der Waals surface area contributed by atoms with Crippen LogP contribution >= 0.6 is 0 Å². The predicted octanol–water partition coefficient (Wildman–Crippen LogP) is 5.54. The van der Waals surface area contributed by atoms with Crippen LogP contribution in [0.25, 0.3) is 5.57 Å². The third kappa shape index (κ3) is 4.28. The molecule has 0 unspecified atom stereocenters. The molecule has 4 heteroatoms. The summed E-state index contributed by atoms with van der Waals surface area (Å²) in [7, 11) is 0. The second-order valence-electron chi connectivity index (χ2n) is 9.50. The van der Waals surface area contributed by atoms with Gasteiger partial charge in [0.2, 0.25) is 0 Å². The van der Waals surface area contributed by atoms with Crippen LogP contribution in [0.1, 0.15) is 35.1 Å². The zero-order valence-electron chi connectivity index (χ0n) is 19.8. The van der Waals surface area contributed by atoms with Crippen LogP contribution in [0.2, 0.25) is 0 Å². The van der Waals surface area contributed by atoms with Crippen molar-refractivity contribution in [1.29, 1.82) is 0 Å². The van der Waals surface area contributed by atoms with E-state index in [0.29, 0.717) is 22.9 Å². The van der Waals surface area contributed by atoms with Crippen molar-refractivity contribution in [2.45, 2.75) is 33.1 Å². The van der Waals surface area contributed by atoms with Gasteiger partial charge in [-0.05, 0) is 73.4 Å². The van der Waals surface area contributed by atoms with Gasteiger partial charge in [-0.1, -0.05) is 66.7 Å². The van der Waals surface area contributed by atoms with Crippen molar-refractivity contribution in [2.24, 2.45) is 5.92 Å². The fourth-order valence-electron chi connectivity index (χ4n) is 5.30. The van der Waals surface area contributed by atoms with Crippen LogP contribution < -0.4 is 4.90 Å². The number of carbonyl (C=O) groups excluding carboxylic acids is 2. The second-order valence-corrected chi connectivity index (χ2v) is 9.50. The van der Waals surface area contributed by atoms with E-state index in [1.54, 1.807) is 0 Å². The number of benzene rings is 3. The summed E-state index contributed by atoms with van der Waals surface area (Å²) in [5.74, 6) is 0.139. The molecule has 1 fully saturated rings. The van der Waals surface area contributed by atoms with E-state index >= 15 is 0 Å². The van der Waals surface area contributed by atoms with Gasteiger partial charge in [-0.2, -0.15) is 0 Å². The van der Waals surface area contributed by atoms with E-state index in [2.05, 4.69) is 35.2 Å². The largest absolute Gasteiger partial charge is 0.366 e. The molecule has 2 aliphatic rings. The fourth-order valence-corrected chi connectivity index (χ4v) is 5.30. The molecule has 0 saturated carbocycles. The van der Waals surface area contributed by atoms with Crippen LogP contribution in [0.15, 0.2) is 84.6 Å². The van der Waals surface area contributed by atoms with Gasteiger partial charge in [0.1, 0.15) is 5.70 Å². The number of anilines is 1. The molecular formula is C30H30N2O2. The summed E-state index contributed by atoms with van der Waals surface area (Å²) in [6.07, 6.45) is 3.07. The van der Waals surface area contributed by atoms with Gasteiger partial charge in [0, 0.05) is 13.1 Å². The van der Waals surface area contributed by atoms with E-state index in [1.807, 2.05) is 62.4 Å². The maximum atomic E-state index is 13.8. The molecule has 0 bridgehead atoms. The molecule has 2 aliphatic heterocycles. The maximum absolute atomic E-state index is 13.8. The molecule has 0 N–H and O–H groups in total. The van der Waals surface area contributed by atoms with Crippen LogP contribution in [-0.2, 0) is 16.0 Å². The van der Waals surface area contributed by atoms with E-state index in [1.165, 1.54) is 10.5 Å². The van der Waals surface area contributed by atoms with Crippen molar-refractivity contribution in [3.8, 4) is 0 Å². The average molecular weight is 451 g/mol. The Morgan fingerprint density at radius 2 is 1.35 bits per heavy atom. The number of hydrogen-bond acceptors (Lipinski definition) is 3. The predicted molar refractivity (Wildman–Crippen MR) is 136 cm³/mol. The zero-order chi connectivity index (χ0) is 23.7. The SMILES string of the molecule is Cc1cc(C)cc(N2C(=O)C(c3ccccc3)=C(N3CCC(Cc4ccccc4)CC3)C2=O)c1. The van der Waals surface area contributed by atoms with Crippen LogP contribution in [0.3, 0.4) is 0 Å². The minimum atomic E-state index is -0.234. The number of rotatable bonds is 5. The van der Waals surface area contributed by atoms with Gasteiger partial charge in [-0.3, -0.25) is 9.59 Å². The third-order valence-electron chi connectivity index (χ3n) is 6.88. The number of piperidine rings is 1. The summed E-state index contributed by atoms with van der Waals surface area (Å²) in [4.78, 5) is 31.0. The number of carbonyl (C=O) groups is 2. The Kier molecular flexibility index (Phi) is 6.06. The highest BCUT2D eigenvalue weighted by Gasteiger charge is 2.43. The first-order valence-electron chi connectivity index (χ1n) is 12.1. The molecule has 0 radical (unpaired) electrons. The molecule has 0 atom stereocenters. The normalized spacial score (nSPS) is 17.1. The van der Waals surface area contributed by atoms with E-state index in [0.717, 1.165) is 49.0 Å². The summed E-state index contributed by atoms with van der Waals surface area (Å²) >= 11 is 0. The van der Waals surface area contributed by atoms with Gasteiger partial charge in [0.05, 0.1) is 11.3 Å². The van der Waals surface area contributed by atoms with Gasteiger partial charge in [-0.25, -0.2) is 4.90 Å². The molecule has 3 aromatic rings. The number of hydrogen-bond donors (Lipinski definition) is 0. The summed E-state index contributed by atoms with van der Waals surface area (Å²) in [5.41, 5.74) is 5.95. The molecule has 172 valence electrons. The molecule has 0 spiro atoms. The topological polar surface area (TPSA) is 40.6 Å². The highest BCUT2D eigenvalue weighted by molar-refractivity contribution is 6.45. The molecular weight excluding hydrogens is 420 g/mol. The second kappa shape index (κ2) is 9.30. The van der Waals surface area contributed by atoms with Crippen molar-refractivity contribution < 1.29 is 9.59 Å². The first-order valence-corrected chi connectivity index (χ1v) is 12.1. The van der Waals surface area contributed by atoms with E-state index in [9.17, 15) is 9.59 Å². The lowest BCUT2D eigenvalue weighted by Crippen LogP contribution is -2.39. The average Bonchev–Trinajstić information content (AvgIpc) is 3.10. The van der Waals surface area contributed by atoms with Crippen LogP contribution in [0, 0.1) is 19.8 Å². The number of nitrogens with zero attached hydrogens (tertiary/aromatic N) is 2. The molecule has 0 aromatic heterocycles. The van der Waals surface area contributed by atoms with E-state index < -0.39 is 0 Å². The smallest absolute Gasteiger partial charge is 0.282 e. The summed E-state index contributed by atoms with van der Waals surface area (Å²) < 4.78 is 0. The Bertz CT molecular complexity index is 1220. The highest BCUT2D eigenvalue weighted by atomic mass is 16.2. The Morgan fingerprint density at radius 3 is 1.97 bits per heavy atom. The highest BCUT2D eigenvalue weighted by Crippen LogP contribution is 2.37. The van der Waals surface area contributed by atoms with Crippen molar-refractivity contribution in [1.82, 2.24) is 4.90 Å². The Labute approximate surface area is 201 Å². The molecule has 3 aromatic carbocycles. The quantitative estimate of drug-likeness (QED) is 0.479. The molecule has 2 amide bonds. The third-order valence-corrected chi connectivity index (χ3v) is 6.88. The monoisotopic (exact) mass is 450 g/mol. The lowest BCUT2D eigenvalue weighted by Gasteiger charge is -2.34. The lowest BCUT2D eigenvalue weighted by molar-refractivity contribution is -0.120. The number of amides is 2. The number of likely N-dealkylation sites (tertiary alicyclic amines) is 1. The maximum Gasteiger partial charge on any atom is 0.282 e. The van der Waals surface area contributed by atoms with E-state index in [-0.39, 0.29) is 11.8 Å². The fraction of sp³-hybridized carbons (Fsp3) is 0.267. The van der Waals surface area contributed by atoms with Crippen LogP contribution in [0.4, 0.5) is 5.69 Å². The van der Waals surface area contributed by atoms with Crippen molar-refractivity contribution in [2.75, 3.05) is 18.0 Å². The first-order chi connectivity index (χ1) is 16.5. The van der Waals surface area contributed by atoms with Gasteiger partial charge in [0.15, 0.2) is 0 Å². The summed E-state index contributed by atoms with van der Waals surface area (Å²) in [6.45, 7) is 5.54. The molecule has 0 aliphatic carbocycles. The first kappa shape index (κ1) is 22.1. The van der Waals surface area contributed by atoms with Gasteiger partial charge < -0.3 is 4.90 Å². The zero-order valence-corrected chi connectivity index (χ0v) is 19.8. The molecule has 2 heterocycles. The number of imide groups is 1. The Balaban J connectivity index is 1.45. The summed E-state index contributed by atoms with van der Waals surface area (Å²) in [6, 6.07) is 26.1. The lowest BCUT2D eigenvalue weighted by atomic mass is 9.89. The van der Waals surface area contributed by atoms with Crippen molar-refractivity contribution in [3.63, 3.8) is 0 Å². The molecule has 5 rings (SSSR count). The van der Waals surface area contributed by atoms with Gasteiger partial charge in [-0.15, -0.1) is 0 Å². The minimum Gasteiger partial charge on any atom is -0.366 e. The van der Waals surface area contributed by atoms with Crippen LogP contribution in [-0.4, -0.2) is 29.8 Å². The van der Waals surface area contributed by atoms with Crippen molar-refractivity contribution in [3.05, 3.63) is 107 Å². The Hall–Kier alpha value is -3.66. The standard InChI is InChI=1S/C30H30N2O2/c1-21-17-22(2)19-26(18-21)32-29(33)27(25-11-7-4-8-12-25)28(30(32)34)31-15-13-24(14-16-31)20-23-9-5-3-6-10-23/h3-12,17-19,24H,13-16,20H2,1-2H3. The van der Waals surface area contributed by atoms with Gasteiger partial charge >= 0.3 is 0 Å².